The van der Waals surface area contributed by atoms with Crippen LogP contribution in [0.5, 0.6) is 0 Å². The summed E-state index contributed by atoms with van der Waals surface area (Å²) in [5.74, 6) is -1.62. The van der Waals surface area contributed by atoms with Crippen LogP contribution in [0.4, 0.5) is 0 Å². The standard InChI is InChI=1S/C12H14N2O6S2/c1-7-8(10(15)19-2)12(21-9(7)11(16)20-3)22(17,18)14-6-4-5-13/h14H,4,6H2,1-3H3. The van der Waals surface area contributed by atoms with Crippen molar-refractivity contribution in [3.8, 4) is 6.07 Å². The third kappa shape index (κ3) is 3.62. The van der Waals surface area contributed by atoms with Gasteiger partial charge >= 0.3 is 11.9 Å². The molecular weight excluding hydrogens is 332 g/mol. The Balaban J connectivity index is 3.43. The molecule has 1 rings (SSSR count). The van der Waals surface area contributed by atoms with Crippen LogP contribution < -0.4 is 4.72 Å². The van der Waals surface area contributed by atoms with Gasteiger partial charge in [-0.25, -0.2) is 22.7 Å². The zero-order valence-electron chi connectivity index (χ0n) is 12.1. The Morgan fingerprint density at radius 1 is 1.27 bits per heavy atom. The number of nitriles is 1. The van der Waals surface area contributed by atoms with Gasteiger partial charge in [0.25, 0.3) is 10.0 Å². The topological polar surface area (TPSA) is 123 Å². The van der Waals surface area contributed by atoms with Crippen LogP contribution in [0.2, 0.25) is 0 Å². The van der Waals surface area contributed by atoms with E-state index in [4.69, 9.17) is 5.26 Å². The lowest BCUT2D eigenvalue weighted by Crippen LogP contribution is -2.25. The smallest absolute Gasteiger partial charge is 0.348 e. The van der Waals surface area contributed by atoms with Crippen LogP contribution in [-0.2, 0) is 19.5 Å². The Kier molecular flexibility index (Phi) is 6.04. The quantitative estimate of drug-likeness (QED) is 0.597. The van der Waals surface area contributed by atoms with Crippen LogP contribution in [0.1, 0.15) is 32.0 Å². The fourth-order valence-corrected chi connectivity index (χ4v) is 4.43. The number of carbonyl (C=O) groups is 2. The summed E-state index contributed by atoms with van der Waals surface area (Å²) >= 11 is 0.619. The number of carbonyl (C=O) groups excluding carboxylic acids is 2. The molecule has 0 aliphatic carbocycles. The normalized spacial score (nSPS) is 10.8. The van der Waals surface area contributed by atoms with Crippen molar-refractivity contribution < 1.29 is 27.5 Å². The van der Waals surface area contributed by atoms with Gasteiger partial charge < -0.3 is 9.47 Å². The van der Waals surface area contributed by atoms with Crippen LogP contribution in [0.3, 0.4) is 0 Å². The lowest BCUT2D eigenvalue weighted by molar-refractivity contribution is 0.0596. The first-order valence-electron chi connectivity index (χ1n) is 5.96. The molecule has 0 aromatic carbocycles. The molecule has 0 aliphatic heterocycles. The molecule has 0 aliphatic rings. The molecule has 0 fully saturated rings. The second-order valence-electron chi connectivity index (χ2n) is 4.01. The lowest BCUT2D eigenvalue weighted by Gasteiger charge is -2.05. The molecule has 1 N–H and O–H groups in total. The fraction of sp³-hybridized carbons (Fsp3) is 0.417. The summed E-state index contributed by atoms with van der Waals surface area (Å²) in [7, 11) is -1.79. The zero-order valence-corrected chi connectivity index (χ0v) is 13.8. The monoisotopic (exact) mass is 346 g/mol. The molecule has 120 valence electrons. The highest BCUT2D eigenvalue weighted by molar-refractivity contribution is 7.91. The van der Waals surface area contributed by atoms with Gasteiger partial charge in [-0.1, -0.05) is 0 Å². The third-order valence-corrected chi connectivity index (χ3v) is 5.90. The molecule has 1 aromatic rings. The first kappa shape index (κ1) is 18.1. The highest BCUT2D eigenvalue weighted by Crippen LogP contribution is 2.33. The van der Waals surface area contributed by atoms with Crippen molar-refractivity contribution in [2.75, 3.05) is 20.8 Å². The van der Waals surface area contributed by atoms with Gasteiger partial charge in [0, 0.05) is 13.0 Å². The van der Waals surface area contributed by atoms with Crippen LogP contribution >= 0.6 is 11.3 Å². The van der Waals surface area contributed by atoms with Gasteiger partial charge in [-0.3, -0.25) is 0 Å². The zero-order chi connectivity index (χ0) is 16.9. The van der Waals surface area contributed by atoms with Gasteiger partial charge in [0.2, 0.25) is 0 Å². The number of ether oxygens (including phenoxy) is 2. The van der Waals surface area contributed by atoms with Crippen molar-refractivity contribution >= 4 is 33.3 Å². The summed E-state index contributed by atoms with van der Waals surface area (Å²) in [5.41, 5.74) is -0.0401. The van der Waals surface area contributed by atoms with E-state index in [0.29, 0.717) is 11.3 Å². The lowest BCUT2D eigenvalue weighted by atomic mass is 10.2. The number of hydrogen-bond donors (Lipinski definition) is 1. The largest absolute Gasteiger partial charge is 0.465 e. The van der Waals surface area contributed by atoms with Gasteiger partial charge in [0.15, 0.2) is 4.21 Å². The summed E-state index contributed by atoms with van der Waals surface area (Å²) in [5, 5.41) is 8.45. The van der Waals surface area contributed by atoms with Gasteiger partial charge in [-0.05, 0) is 12.5 Å². The van der Waals surface area contributed by atoms with Crippen molar-refractivity contribution in [3.05, 3.63) is 16.0 Å². The predicted molar refractivity (Wildman–Crippen MR) is 77.2 cm³/mol. The molecule has 0 unspecified atom stereocenters. The maximum absolute atomic E-state index is 12.3. The molecule has 0 saturated heterocycles. The molecule has 0 amide bonds. The van der Waals surface area contributed by atoms with Crippen molar-refractivity contribution in [1.82, 2.24) is 4.72 Å². The van der Waals surface area contributed by atoms with E-state index in [0.717, 1.165) is 14.2 Å². The fourth-order valence-electron chi connectivity index (χ4n) is 1.61. The van der Waals surface area contributed by atoms with Crippen LogP contribution in [0, 0.1) is 18.3 Å². The number of sulfonamides is 1. The molecule has 0 atom stereocenters. The molecule has 1 aromatic heterocycles. The van der Waals surface area contributed by atoms with E-state index >= 15 is 0 Å². The highest BCUT2D eigenvalue weighted by Gasteiger charge is 2.32. The first-order valence-corrected chi connectivity index (χ1v) is 8.26. The Hall–Kier alpha value is -1.96. The van der Waals surface area contributed by atoms with Crippen molar-refractivity contribution in [1.29, 1.82) is 5.26 Å². The van der Waals surface area contributed by atoms with E-state index in [-0.39, 0.29) is 33.2 Å². The second-order valence-corrected chi connectivity index (χ2v) is 6.99. The number of thiophene rings is 1. The van der Waals surface area contributed by atoms with E-state index in [1.54, 1.807) is 6.07 Å². The molecule has 22 heavy (non-hydrogen) atoms. The van der Waals surface area contributed by atoms with E-state index in [2.05, 4.69) is 14.2 Å². The molecule has 0 bridgehead atoms. The summed E-state index contributed by atoms with van der Waals surface area (Å²) in [6.45, 7) is 1.33. The van der Waals surface area contributed by atoms with E-state index in [9.17, 15) is 18.0 Å². The number of rotatable bonds is 6. The Morgan fingerprint density at radius 2 is 1.86 bits per heavy atom. The van der Waals surface area contributed by atoms with Crippen molar-refractivity contribution in [2.24, 2.45) is 0 Å². The minimum absolute atomic E-state index is 0.00329. The number of methoxy groups -OCH3 is 2. The first-order chi connectivity index (χ1) is 10.3. The van der Waals surface area contributed by atoms with Crippen molar-refractivity contribution in [3.63, 3.8) is 0 Å². The van der Waals surface area contributed by atoms with Crippen LogP contribution in [0.15, 0.2) is 4.21 Å². The SMILES string of the molecule is COC(=O)c1sc(S(=O)(=O)NCCC#N)c(C(=O)OC)c1C. The molecule has 1 heterocycles. The number of nitrogens with one attached hydrogen (secondary N) is 1. The maximum Gasteiger partial charge on any atom is 0.348 e. The molecule has 0 spiro atoms. The second kappa shape index (κ2) is 7.35. The predicted octanol–water partition coefficient (Wildman–Crippen LogP) is 0.822. The summed E-state index contributed by atoms with van der Waals surface area (Å²) in [6.07, 6.45) is -0.0268. The van der Waals surface area contributed by atoms with Crippen LogP contribution in [0.25, 0.3) is 0 Å². The molecular formula is C12H14N2O6S2. The maximum atomic E-state index is 12.3. The van der Waals surface area contributed by atoms with Gasteiger partial charge in [-0.15, -0.1) is 11.3 Å². The van der Waals surface area contributed by atoms with E-state index < -0.39 is 22.0 Å². The molecule has 8 nitrogen and oxygen atoms in total. The summed E-state index contributed by atoms with van der Waals surface area (Å²) in [6, 6.07) is 1.79. The third-order valence-electron chi connectivity index (χ3n) is 2.65. The van der Waals surface area contributed by atoms with Gasteiger partial charge in [0.1, 0.15) is 4.88 Å². The summed E-state index contributed by atoms with van der Waals surface area (Å²) in [4.78, 5) is 23.5. The van der Waals surface area contributed by atoms with Crippen molar-refractivity contribution in [2.45, 2.75) is 17.6 Å². The minimum Gasteiger partial charge on any atom is -0.465 e. The number of hydrogen-bond acceptors (Lipinski definition) is 8. The average Bonchev–Trinajstić information content (AvgIpc) is 2.84. The van der Waals surface area contributed by atoms with Gasteiger partial charge in [0.05, 0.1) is 25.9 Å². The van der Waals surface area contributed by atoms with Crippen LogP contribution in [-0.4, -0.2) is 41.1 Å². The average molecular weight is 346 g/mol. The molecule has 10 heteroatoms. The number of esters is 2. The molecule has 0 radical (unpaired) electrons. The Morgan fingerprint density at radius 3 is 2.36 bits per heavy atom. The summed E-state index contributed by atoms with van der Waals surface area (Å²) < 4.78 is 35.5. The Labute approximate surface area is 131 Å². The molecule has 0 saturated carbocycles. The number of nitrogens with zero attached hydrogens (tertiary/aromatic N) is 1. The van der Waals surface area contributed by atoms with E-state index in [1.807, 2.05) is 0 Å². The Bertz CT molecular complexity index is 730. The minimum atomic E-state index is -4.05. The highest BCUT2D eigenvalue weighted by atomic mass is 32.2. The van der Waals surface area contributed by atoms with Gasteiger partial charge in [-0.2, -0.15) is 5.26 Å². The van der Waals surface area contributed by atoms with E-state index in [1.165, 1.54) is 6.92 Å².